The second kappa shape index (κ2) is 6.31. The first-order valence-electron chi connectivity index (χ1n) is 5.56. The Bertz CT molecular complexity index is 372. The van der Waals surface area contributed by atoms with Crippen LogP contribution in [0.5, 0.6) is 0 Å². The summed E-state index contributed by atoms with van der Waals surface area (Å²) in [4.78, 5) is 0. The number of halogens is 1. The molecule has 0 bridgehead atoms. The second-order valence-corrected chi connectivity index (χ2v) is 13.9. The van der Waals surface area contributed by atoms with Gasteiger partial charge in [-0.1, -0.05) is 0 Å². The van der Waals surface area contributed by atoms with Gasteiger partial charge in [0, 0.05) is 0 Å². The summed E-state index contributed by atoms with van der Waals surface area (Å²) in [7, 11) is 6.56. The van der Waals surface area contributed by atoms with Crippen molar-refractivity contribution in [2.45, 2.75) is 8.87 Å². The van der Waals surface area contributed by atoms with Crippen LogP contribution in [-0.2, 0) is 8.87 Å². The van der Waals surface area contributed by atoms with Crippen LogP contribution in [0.1, 0.15) is 11.1 Å². The van der Waals surface area contributed by atoms with Gasteiger partial charge in [-0.15, -0.1) is 0 Å². The zero-order chi connectivity index (χ0) is 11.2. The van der Waals surface area contributed by atoms with Crippen LogP contribution in [0, 0.1) is 0 Å². The molecule has 2 aromatic rings. The van der Waals surface area contributed by atoms with E-state index >= 15 is 0 Å². The molecule has 0 nitrogen and oxygen atoms in total. The molecule has 0 radical (unpaired) electrons. The predicted octanol–water partition coefficient (Wildman–Crippen LogP) is 3.51. The van der Waals surface area contributed by atoms with Gasteiger partial charge in [0.1, 0.15) is 0 Å². The topological polar surface area (TPSA) is 0 Å². The second-order valence-electron chi connectivity index (χ2n) is 3.98. The van der Waals surface area contributed by atoms with Crippen molar-refractivity contribution >= 4 is 27.6 Å². The van der Waals surface area contributed by atoms with E-state index in [2.05, 4.69) is 60.7 Å². The average Bonchev–Trinajstić information content (AvgIpc) is 2.31. The Labute approximate surface area is 108 Å². The first kappa shape index (κ1) is 12.0. The number of hydrogen-bond acceptors (Lipinski definition) is 0. The summed E-state index contributed by atoms with van der Waals surface area (Å²) >= 11 is -1.88. The molecule has 16 heavy (non-hydrogen) atoms. The molecule has 0 amide bonds. The van der Waals surface area contributed by atoms with Gasteiger partial charge in [-0.3, -0.25) is 0 Å². The number of rotatable bonds is 4. The van der Waals surface area contributed by atoms with E-state index in [0.29, 0.717) is 0 Å². The quantitative estimate of drug-likeness (QED) is 0.749. The van der Waals surface area contributed by atoms with Crippen LogP contribution in [-0.4, -0.2) is 18.6 Å². The van der Waals surface area contributed by atoms with Crippen LogP contribution < -0.4 is 0 Å². The van der Waals surface area contributed by atoms with Crippen molar-refractivity contribution < 1.29 is 0 Å². The van der Waals surface area contributed by atoms with Gasteiger partial charge in [0.05, 0.1) is 0 Å². The summed E-state index contributed by atoms with van der Waals surface area (Å²) in [5.74, 6) is 0. The van der Waals surface area contributed by atoms with E-state index in [1.807, 2.05) is 0 Å². The maximum absolute atomic E-state index is 6.56. The predicted molar refractivity (Wildman–Crippen MR) is 73.3 cm³/mol. The molecule has 0 aliphatic heterocycles. The zero-order valence-electron chi connectivity index (χ0n) is 9.14. The molecular weight excluding hydrogens is 322 g/mol. The standard InChI is InChI=1S/2C7H7.ClH.Sn.H/c2*1-7-5-3-2-4-6-7;;;/h2*2-6H,1H2;1H;;/q;;;+1;/p-1. The van der Waals surface area contributed by atoms with Crippen LogP contribution in [0.3, 0.4) is 0 Å². The normalized spacial score (nSPS) is 10.6. The summed E-state index contributed by atoms with van der Waals surface area (Å²) in [5.41, 5.74) is 2.79. The molecule has 2 rings (SSSR count). The Hall–Kier alpha value is -0.471. The van der Waals surface area contributed by atoms with E-state index in [9.17, 15) is 0 Å². The van der Waals surface area contributed by atoms with E-state index in [1.165, 1.54) is 11.1 Å². The summed E-state index contributed by atoms with van der Waals surface area (Å²) in [6, 6.07) is 21.2. The van der Waals surface area contributed by atoms with Gasteiger partial charge < -0.3 is 0 Å². The molecule has 0 N–H and O–H groups in total. The maximum atomic E-state index is 6.56. The van der Waals surface area contributed by atoms with Crippen molar-refractivity contribution in [3.8, 4) is 0 Å². The van der Waals surface area contributed by atoms with Gasteiger partial charge in [0.2, 0.25) is 0 Å². The minimum atomic E-state index is -1.88. The van der Waals surface area contributed by atoms with Gasteiger partial charge in [-0.05, 0) is 0 Å². The number of benzene rings is 2. The Morgan fingerprint density at radius 3 is 1.44 bits per heavy atom. The fourth-order valence-corrected chi connectivity index (χ4v) is 9.09. The van der Waals surface area contributed by atoms with Gasteiger partial charge in [0.15, 0.2) is 0 Å². The molecule has 2 aromatic carbocycles. The third kappa shape index (κ3) is 3.84. The van der Waals surface area contributed by atoms with Crippen molar-refractivity contribution in [1.29, 1.82) is 0 Å². The molecule has 0 aromatic heterocycles. The summed E-state index contributed by atoms with van der Waals surface area (Å²) in [6.07, 6.45) is 0. The third-order valence-corrected chi connectivity index (χ3v) is 9.89. The molecule has 0 spiro atoms. The summed E-state index contributed by atoms with van der Waals surface area (Å²) in [6.45, 7) is 0. The van der Waals surface area contributed by atoms with Crippen molar-refractivity contribution in [2.24, 2.45) is 0 Å². The fourth-order valence-electron chi connectivity index (χ4n) is 1.81. The molecule has 0 fully saturated rings. The SMILES string of the molecule is [Cl][SnH]([CH2]c1ccccc1)[CH2]c1ccccc1. The zero-order valence-corrected chi connectivity index (χ0v) is 13.2. The molecule has 82 valence electrons. The van der Waals surface area contributed by atoms with Crippen LogP contribution in [0.2, 0.25) is 0 Å². The Morgan fingerprint density at radius 1 is 0.688 bits per heavy atom. The van der Waals surface area contributed by atoms with Crippen LogP contribution in [0.15, 0.2) is 60.7 Å². The first-order valence-corrected chi connectivity index (χ1v) is 14.4. The van der Waals surface area contributed by atoms with Gasteiger partial charge in [-0.2, -0.15) is 0 Å². The Kier molecular flexibility index (Phi) is 4.73. The van der Waals surface area contributed by atoms with Gasteiger partial charge in [0.25, 0.3) is 0 Å². The molecular formula is C14H15ClSn. The molecule has 0 saturated carbocycles. The van der Waals surface area contributed by atoms with Gasteiger partial charge >= 0.3 is 108 Å². The first-order chi connectivity index (χ1) is 7.84. The molecule has 0 atom stereocenters. The van der Waals surface area contributed by atoms with E-state index in [-0.39, 0.29) is 0 Å². The molecule has 2 heteroatoms. The van der Waals surface area contributed by atoms with E-state index in [1.54, 1.807) is 0 Å². The summed E-state index contributed by atoms with van der Waals surface area (Å²) < 4.78 is 2.28. The van der Waals surface area contributed by atoms with Crippen molar-refractivity contribution in [3.05, 3.63) is 71.8 Å². The summed E-state index contributed by atoms with van der Waals surface area (Å²) in [5, 5.41) is 0. The van der Waals surface area contributed by atoms with E-state index in [4.69, 9.17) is 8.92 Å². The molecule has 0 aliphatic rings. The van der Waals surface area contributed by atoms with Crippen molar-refractivity contribution in [3.63, 3.8) is 0 Å². The molecule has 0 aliphatic carbocycles. The van der Waals surface area contributed by atoms with E-state index < -0.39 is 18.6 Å². The van der Waals surface area contributed by atoms with Crippen LogP contribution in [0.4, 0.5) is 0 Å². The monoisotopic (exact) mass is 338 g/mol. The Balaban J connectivity index is 1.92. The molecule has 0 saturated heterocycles. The fraction of sp³-hybridized carbons (Fsp3) is 0.143. The minimum absolute atomic E-state index is 1.14. The number of hydrogen-bond donors (Lipinski definition) is 0. The van der Waals surface area contributed by atoms with Crippen LogP contribution in [0.25, 0.3) is 0 Å². The van der Waals surface area contributed by atoms with E-state index in [0.717, 1.165) is 8.87 Å². The molecule has 0 unspecified atom stereocenters. The average molecular weight is 337 g/mol. The molecule has 0 heterocycles. The van der Waals surface area contributed by atoms with Crippen LogP contribution >= 0.6 is 8.92 Å². The van der Waals surface area contributed by atoms with Crippen molar-refractivity contribution in [2.75, 3.05) is 0 Å². The third-order valence-electron chi connectivity index (χ3n) is 2.60. The Morgan fingerprint density at radius 2 is 1.06 bits per heavy atom. The van der Waals surface area contributed by atoms with Gasteiger partial charge in [-0.25, -0.2) is 0 Å². The van der Waals surface area contributed by atoms with Crippen molar-refractivity contribution in [1.82, 2.24) is 0 Å².